The van der Waals surface area contributed by atoms with Crippen LogP contribution in [0.15, 0.2) is 21.1 Å². The molecule has 0 aliphatic rings. The number of hydrogen-bond acceptors (Lipinski definition) is 3. The molecule has 1 N–H and O–H groups in total. The number of rotatable bonds is 8. The number of ether oxygens (including phenoxy) is 2. The topological polar surface area (TPSA) is 30.5 Å². The summed E-state index contributed by atoms with van der Waals surface area (Å²) in [5, 5.41) is 3.43. The molecular weight excluding hydrogens is 386 g/mol. The Balaban J connectivity index is 2.63. The van der Waals surface area contributed by atoms with Gasteiger partial charge in [-0.2, -0.15) is 0 Å². The Morgan fingerprint density at radius 1 is 1.15 bits per heavy atom. The van der Waals surface area contributed by atoms with Crippen LogP contribution >= 0.6 is 31.9 Å². The summed E-state index contributed by atoms with van der Waals surface area (Å²) in [5.41, 5.74) is 0.0843. The Morgan fingerprint density at radius 3 is 2.35 bits per heavy atom. The smallest absolute Gasteiger partial charge is 0.134 e. The monoisotopic (exact) mass is 407 g/mol. The van der Waals surface area contributed by atoms with Crippen molar-refractivity contribution in [3.8, 4) is 11.5 Å². The van der Waals surface area contributed by atoms with Gasteiger partial charge in [-0.05, 0) is 57.0 Å². The highest BCUT2D eigenvalue weighted by Gasteiger charge is 2.19. The van der Waals surface area contributed by atoms with Crippen molar-refractivity contribution < 1.29 is 9.47 Å². The van der Waals surface area contributed by atoms with E-state index in [1.165, 1.54) is 0 Å². The number of methoxy groups -OCH3 is 1. The SMILES string of the molecule is CCCNCC(C)(C)COc1cc(Br)c(OC)cc1Br. The average Bonchev–Trinajstić information content (AvgIpc) is 2.39. The van der Waals surface area contributed by atoms with Gasteiger partial charge in [0, 0.05) is 12.0 Å². The van der Waals surface area contributed by atoms with Gasteiger partial charge in [-0.25, -0.2) is 0 Å². The normalized spacial score (nSPS) is 11.5. The van der Waals surface area contributed by atoms with Crippen molar-refractivity contribution in [2.24, 2.45) is 5.41 Å². The summed E-state index contributed by atoms with van der Waals surface area (Å²) in [5.74, 6) is 1.61. The molecule has 0 aromatic heterocycles. The summed E-state index contributed by atoms with van der Waals surface area (Å²) < 4.78 is 13.0. The van der Waals surface area contributed by atoms with E-state index in [0.717, 1.165) is 40.0 Å². The molecule has 0 saturated carbocycles. The highest BCUT2D eigenvalue weighted by Crippen LogP contribution is 2.36. The molecule has 3 nitrogen and oxygen atoms in total. The van der Waals surface area contributed by atoms with Crippen LogP contribution < -0.4 is 14.8 Å². The van der Waals surface area contributed by atoms with Gasteiger partial charge in [-0.1, -0.05) is 20.8 Å². The fourth-order valence-corrected chi connectivity index (χ4v) is 2.63. The molecule has 0 amide bonds. The van der Waals surface area contributed by atoms with Gasteiger partial charge < -0.3 is 14.8 Å². The van der Waals surface area contributed by atoms with Crippen molar-refractivity contribution in [3.05, 3.63) is 21.1 Å². The van der Waals surface area contributed by atoms with E-state index in [2.05, 4.69) is 57.9 Å². The molecule has 0 heterocycles. The predicted octanol–water partition coefficient (Wildman–Crippen LogP) is 4.62. The maximum absolute atomic E-state index is 5.94. The van der Waals surface area contributed by atoms with Gasteiger partial charge in [0.25, 0.3) is 0 Å². The van der Waals surface area contributed by atoms with Crippen LogP contribution in [0.25, 0.3) is 0 Å². The molecule has 0 atom stereocenters. The third-order valence-electron chi connectivity index (χ3n) is 2.86. The van der Waals surface area contributed by atoms with E-state index >= 15 is 0 Å². The lowest BCUT2D eigenvalue weighted by molar-refractivity contribution is 0.175. The molecule has 0 spiro atoms. The Morgan fingerprint density at radius 2 is 1.75 bits per heavy atom. The van der Waals surface area contributed by atoms with Crippen LogP contribution in [-0.2, 0) is 0 Å². The first kappa shape index (κ1) is 17.8. The third kappa shape index (κ3) is 5.62. The molecule has 0 fully saturated rings. The summed E-state index contributed by atoms with van der Waals surface area (Å²) >= 11 is 6.99. The van der Waals surface area contributed by atoms with E-state index in [1.807, 2.05) is 12.1 Å². The van der Waals surface area contributed by atoms with Gasteiger partial charge in [0.15, 0.2) is 0 Å². The molecule has 0 aliphatic carbocycles. The van der Waals surface area contributed by atoms with Crippen LogP contribution in [0.3, 0.4) is 0 Å². The minimum absolute atomic E-state index is 0.0843. The zero-order valence-electron chi connectivity index (χ0n) is 12.6. The highest BCUT2D eigenvalue weighted by molar-refractivity contribution is 9.11. The maximum Gasteiger partial charge on any atom is 0.134 e. The van der Waals surface area contributed by atoms with E-state index in [9.17, 15) is 0 Å². The summed E-state index contributed by atoms with van der Waals surface area (Å²) in [4.78, 5) is 0. The van der Waals surface area contributed by atoms with Gasteiger partial charge >= 0.3 is 0 Å². The summed E-state index contributed by atoms with van der Waals surface area (Å²) in [7, 11) is 1.65. The molecule has 114 valence electrons. The largest absolute Gasteiger partial charge is 0.496 e. The maximum atomic E-state index is 5.94. The van der Waals surface area contributed by atoms with E-state index in [0.29, 0.717) is 6.61 Å². The Kier molecular flexibility index (Phi) is 7.34. The minimum atomic E-state index is 0.0843. The lowest BCUT2D eigenvalue weighted by atomic mass is 9.95. The molecule has 0 bridgehead atoms. The molecule has 0 aliphatic heterocycles. The van der Waals surface area contributed by atoms with E-state index in [-0.39, 0.29) is 5.41 Å². The fraction of sp³-hybridized carbons (Fsp3) is 0.600. The van der Waals surface area contributed by atoms with Gasteiger partial charge in [0.05, 0.1) is 22.7 Å². The van der Waals surface area contributed by atoms with Gasteiger partial charge in [0.1, 0.15) is 11.5 Å². The van der Waals surface area contributed by atoms with Crippen molar-refractivity contribution in [3.63, 3.8) is 0 Å². The van der Waals surface area contributed by atoms with Gasteiger partial charge in [-0.3, -0.25) is 0 Å². The average molecular weight is 409 g/mol. The summed E-state index contributed by atoms with van der Waals surface area (Å²) in [6.07, 6.45) is 1.15. The van der Waals surface area contributed by atoms with Gasteiger partial charge in [-0.15, -0.1) is 0 Å². The number of halogens is 2. The minimum Gasteiger partial charge on any atom is -0.496 e. The van der Waals surface area contributed by atoms with Crippen molar-refractivity contribution in [2.75, 3.05) is 26.8 Å². The predicted molar refractivity (Wildman–Crippen MR) is 90.8 cm³/mol. The van der Waals surface area contributed by atoms with Crippen LogP contribution in [0.4, 0.5) is 0 Å². The first-order chi connectivity index (χ1) is 9.39. The van der Waals surface area contributed by atoms with Crippen molar-refractivity contribution in [1.82, 2.24) is 5.32 Å². The Hall–Kier alpha value is -0.260. The Labute approximate surface area is 138 Å². The number of hydrogen-bond donors (Lipinski definition) is 1. The molecule has 0 radical (unpaired) electrons. The highest BCUT2D eigenvalue weighted by atomic mass is 79.9. The molecule has 1 aromatic carbocycles. The van der Waals surface area contributed by atoms with E-state index in [1.54, 1.807) is 7.11 Å². The molecule has 0 saturated heterocycles. The molecule has 1 rings (SSSR count). The number of nitrogens with one attached hydrogen (secondary N) is 1. The van der Waals surface area contributed by atoms with Crippen LogP contribution in [0.5, 0.6) is 11.5 Å². The quantitative estimate of drug-likeness (QED) is 0.636. The zero-order valence-corrected chi connectivity index (χ0v) is 15.7. The lowest BCUT2D eigenvalue weighted by Gasteiger charge is -2.25. The molecule has 20 heavy (non-hydrogen) atoms. The second kappa shape index (κ2) is 8.25. The number of benzene rings is 1. The van der Waals surface area contributed by atoms with Crippen LogP contribution in [0.1, 0.15) is 27.2 Å². The first-order valence-corrected chi connectivity index (χ1v) is 8.35. The van der Waals surface area contributed by atoms with Crippen LogP contribution in [0, 0.1) is 5.41 Å². The third-order valence-corrected chi connectivity index (χ3v) is 4.09. The van der Waals surface area contributed by atoms with Crippen LogP contribution in [0.2, 0.25) is 0 Å². The first-order valence-electron chi connectivity index (χ1n) is 6.76. The van der Waals surface area contributed by atoms with Crippen molar-refractivity contribution in [1.29, 1.82) is 0 Å². The van der Waals surface area contributed by atoms with Crippen LogP contribution in [-0.4, -0.2) is 26.8 Å². The second-order valence-corrected chi connectivity index (χ2v) is 7.26. The van der Waals surface area contributed by atoms with Crippen molar-refractivity contribution in [2.45, 2.75) is 27.2 Å². The van der Waals surface area contributed by atoms with Crippen molar-refractivity contribution >= 4 is 31.9 Å². The van der Waals surface area contributed by atoms with E-state index in [4.69, 9.17) is 9.47 Å². The molecule has 5 heteroatoms. The van der Waals surface area contributed by atoms with Gasteiger partial charge in [0.2, 0.25) is 0 Å². The zero-order chi connectivity index (χ0) is 15.2. The lowest BCUT2D eigenvalue weighted by Crippen LogP contribution is -2.34. The molecular formula is C15H23Br2NO2. The molecule has 0 unspecified atom stereocenters. The fourth-order valence-electron chi connectivity index (χ4n) is 1.71. The second-order valence-electron chi connectivity index (χ2n) is 5.55. The summed E-state index contributed by atoms with van der Waals surface area (Å²) in [6, 6.07) is 3.83. The summed E-state index contributed by atoms with van der Waals surface area (Å²) in [6.45, 7) is 9.20. The standard InChI is InChI=1S/C15H23Br2NO2/c1-5-6-18-9-15(2,3)10-20-14-8-11(16)13(19-4)7-12(14)17/h7-8,18H,5-6,9-10H2,1-4H3. The van der Waals surface area contributed by atoms with E-state index < -0.39 is 0 Å². The Bertz CT molecular complexity index is 436. The molecule has 1 aromatic rings.